The molecule has 2 heterocycles. The van der Waals surface area contributed by atoms with Crippen molar-refractivity contribution in [1.82, 2.24) is 9.97 Å². The molecule has 2 aromatic carbocycles. The van der Waals surface area contributed by atoms with Crippen LogP contribution in [0.3, 0.4) is 0 Å². The van der Waals surface area contributed by atoms with Gasteiger partial charge in [0.25, 0.3) is 0 Å². The van der Waals surface area contributed by atoms with Crippen molar-refractivity contribution in [3.8, 4) is 22.4 Å². The van der Waals surface area contributed by atoms with Crippen molar-refractivity contribution in [3.63, 3.8) is 0 Å². The highest BCUT2D eigenvalue weighted by atomic mass is 35.5. The molecule has 3 nitrogen and oxygen atoms in total. The van der Waals surface area contributed by atoms with E-state index in [0.717, 1.165) is 33.4 Å². The highest BCUT2D eigenvalue weighted by Crippen LogP contribution is 2.38. The van der Waals surface area contributed by atoms with Gasteiger partial charge in [0.2, 0.25) is 0 Å². The molecule has 0 fully saturated rings. The first-order valence-corrected chi connectivity index (χ1v) is 8.17. The lowest BCUT2D eigenvalue weighted by Crippen LogP contribution is -1.88. The third-order valence-corrected chi connectivity index (χ3v) is 4.45. The Bertz CT molecular complexity index is 1020. The van der Waals surface area contributed by atoms with E-state index in [-0.39, 0.29) is 0 Å². The summed E-state index contributed by atoms with van der Waals surface area (Å²) in [5.74, 6) is 0.481. The molecule has 0 unspecified atom stereocenters. The Morgan fingerprint density at radius 2 is 1.33 bits per heavy atom. The average molecular weight is 354 g/mol. The Morgan fingerprint density at radius 1 is 0.750 bits per heavy atom. The summed E-state index contributed by atoms with van der Waals surface area (Å²) in [5.41, 5.74) is 10.7. The second kappa shape index (κ2) is 5.86. The van der Waals surface area contributed by atoms with Gasteiger partial charge < -0.3 is 10.7 Å². The van der Waals surface area contributed by atoms with E-state index in [4.69, 9.17) is 28.9 Å². The fourth-order valence-electron chi connectivity index (χ4n) is 2.84. The Kier molecular flexibility index (Phi) is 3.68. The molecular formula is C19H13Cl2N3. The van der Waals surface area contributed by atoms with Crippen LogP contribution < -0.4 is 5.73 Å². The highest BCUT2D eigenvalue weighted by Gasteiger charge is 2.16. The van der Waals surface area contributed by atoms with Gasteiger partial charge in [0.1, 0.15) is 11.5 Å². The van der Waals surface area contributed by atoms with Gasteiger partial charge in [-0.1, -0.05) is 47.5 Å². The van der Waals surface area contributed by atoms with Gasteiger partial charge in [0.15, 0.2) is 0 Å². The molecule has 0 spiro atoms. The summed E-state index contributed by atoms with van der Waals surface area (Å²) < 4.78 is 0. The Morgan fingerprint density at radius 3 is 1.96 bits per heavy atom. The minimum Gasteiger partial charge on any atom is -0.384 e. The lowest BCUT2D eigenvalue weighted by Gasteiger charge is -2.06. The number of pyridine rings is 1. The maximum absolute atomic E-state index is 6.03. The van der Waals surface area contributed by atoms with Crippen molar-refractivity contribution < 1.29 is 0 Å². The van der Waals surface area contributed by atoms with Crippen LogP contribution in [-0.4, -0.2) is 9.97 Å². The van der Waals surface area contributed by atoms with Crippen molar-refractivity contribution in [2.75, 3.05) is 5.73 Å². The summed E-state index contributed by atoms with van der Waals surface area (Å²) in [4.78, 5) is 7.80. The summed E-state index contributed by atoms with van der Waals surface area (Å²) >= 11 is 12.1. The van der Waals surface area contributed by atoms with Crippen molar-refractivity contribution in [3.05, 3.63) is 70.7 Å². The fraction of sp³-hybridized carbons (Fsp3) is 0. The van der Waals surface area contributed by atoms with Gasteiger partial charge >= 0.3 is 0 Å². The molecule has 2 aromatic heterocycles. The number of hydrogen-bond acceptors (Lipinski definition) is 2. The zero-order valence-electron chi connectivity index (χ0n) is 12.6. The zero-order chi connectivity index (χ0) is 16.7. The molecule has 0 radical (unpaired) electrons. The van der Waals surface area contributed by atoms with E-state index in [0.29, 0.717) is 15.9 Å². The predicted octanol–water partition coefficient (Wildman–Crippen LogP) is 5.79. The highest BCUT2D eigenvalue weighted by molar-refractivity contribution is 6.31. The number of H-pyrrole nitrogens is 1. The second-order valence-electron chi connectivity index (χ2n) is 5.52. The van der Waals surface area contributed by atoms with Gasteiger partial charge in [-0.25, -0.2) is 4.98 Å². The molecule has 0 atom stereocenters. The minimum absolute atomic E-state index is 0.481. The predicted molar refractivity (Wildman–Crippen MR) is 101 cm³/mol. The van der Waals surface area contributed by atoms with Crippen molar-refractivity contribution >= 4 is 40.1 Å². The summed E-state index contributed by atoms with van der Waals surface area (Å²) in [5, 5.41) is 2.41. The van der Waals surface area contributed by atoms with Crippen LogP contribution >= 0.6 is 23.2 Å². The first kappa shape index (κ1) is 15.1. The number of nitrogens with zero attached hydrogens (tertiary/aromatic N) is 1. The largest absolute Gasteiger partial charge is 0.384 e. The molecule has 4 rings (SSSR count). The Hall–Kier alpha value is -2.49. The van der Waals surface area contributed by atoms with E-state index >= 15 is 0 Å². The summed E-state index contributed by atoms with van der Waals surface area (Å²) in [6.45, 7) is 0. The molecule has 0 bridgehead atoms. The molecule has 4 aromatic rings. The van der Waals surface area contributed by atoms with Crippen molar-refractivity contribution in [1.29, 1.82) is 0 Å². The molecular weight excluding hydrogens is 341 g/mol. The van der Waals surface area contributed by atoms with Gasteiger partial charge in [-0.15, -0.1) is 0 Å². The first-order valence-electron chi connectivity index (χ1n) is 7.42. The SMILES string of the molecule is Nc1ccc2c(-c3ccc(Cl)cc3)c(-c3ccc(Cl)cc3)[nH]c2n1. The molecule has 0 amide bonds. The van der Waals surface area contributed by atoms with Crippen LogP contribution in [0.4, 0.5) is 5.82 Å². The number of nitrogen functional groups attached to an aromatic ring is 1. The number of aromatic amines is 1. The number of hydrogen-bond donors (Lipinski definition) is 2. The summed E-state index contributed by atoms with van der Waals surface area (Å²) in [7, 11) is 0. The standard InChI is InChI=1S/C19H13Cl2N3/c20-13-5-1-11(2-6-13)17-15-9-10-16(22)23-19(15)24-18(17)12-3-7-14(21)8-4-12/h1-10H,(H3,22,23,24). The first-order chi connectivity index (χ1) is 11.6. The molecule has 118 valence electrons. The monoisotopic (exact) mass is 353 g/mol. The molecule has 24 heavy (non-hydrogen) atoms. The smallest absolute Gasteiger partial charge is 0.140 e. The lowest BCUT2D eigenvalue weighted by molar-refractivity contribution is 1.33. The van der Waals surface area contributed by atoms with E-state index in [1.54, 1.807) is 6.07 Å². The number of fused-ring (bicyclic) bond motifs is 1. The molecule has 0 aliphatic rings. The van der Waals surface area contributed by atoms with Crippen LogP contribution in [0, 0.1) is 0 Å². The van der Waals surface area contributed by atoms with Gasteiger partial charge in [0, 0.05) is 21.0 Å². The van der Waals surface area contributed by atoms with Crippen LogP contribution in [0.2, 0.25) is 10.0 Å². The summed E-state index contributed by atoms with van der Waals surface area (Å²) in [6.07, 6.45) is 0. The van der Waals surface area contributed by atoms with E-state index < -0.39 is 0 Å². The van der Waals surface area contributed by atoms with Crippen LogP contribution in [0.1, 0.15) is 0 Å². The van der Waals surface area contributed by atoms with Crippen LogP contribution in [0.5, 0.6) is 0 Å². The number of anilines is 1. The number of aromatic nitrogens is 2. The van der Waals surface area contributed by atoms with Gasteiger partial charge in [-0.05, 0) is 47.5 Å². The van der Waals surface area contributed by atoms with Crippen molar-refractivity contribution in [2.24, 2.45) is 0 Å². The topological polar surface area (TPSA) is 54.7 Å². The maximum atomic E-state index is 6.03. The van der Waals surface area contributed by atoms with Crippen LogP contribution in [0.25, 0.3) is 33.4 Å². The molecule has 3 N–H and O–H groups in total. The van der Waals surface area contributed by atoms with Crippen molar-refractivity contribution in [2.45, 2.75) is 0 Å². The zero-order valence-corrected chi connectivity index (χ0v) is 14.1. The van der Waals surface area contributed by atoms with E-state index in [1.807, 2.05) is 54.6 Å². The molecule has 0 aliphatic heterocycles. The van der Waals surface area contributed by atoms with E-state index in [1.165, 1.54) is 0 Å². The Balaban J connectivity index is 2.02. The molecule has 0 aliphatic carbocycles. The average Bonchev–Trinajstić information content (AvgIpc) is 2.94. The molecule has 5 heteroatoms. The number of halogens is 2. The second-order valence-corrected chi connectivity index (χ2v) is 6.39. The van der Waals surface area contributed by atoms with Gasteiger partial charge in [0.05, 0.1) is 5.69 Å². The number of benzene rings is 2. The van der Waals surface area contributed by atoms with E-state index in [9.17, 15) is 0 Å². The number of rotatable bonds is 2. The number of nitrogens with two attached hydrogens (primary N) is 1. The number of nitrogens with one attached hydrogen (secondary N) is 1. The normalized spacial score (nSPS) is 11.1. The lowest BCUT2D eigenvalue weighted by atomic mass is 9.99. The molecule has 0 saturated carbocycles. The van der Waals surface area contributed by atoms with Gasteiger partial charge in [-0.3, -0.25) is 0 Å². The van der Waals surface area contributed by atoms with Crippen LogP contribution in [0.15, 0.2) is 60.7 Å². The summed E-state index contributed by atoms with van der Waals surface area (Å²) in [6, 6.07) is 19.3. The quantitative estimate of drug-likeness (QED) is 0.479. The van der Waals surface area contributed by atoms with Gasteiger partial charge in [-0.2, -0.15) is 0 Å². The minimum atomic E-state index is 0.481. The maximum Gasteiger partial charge on any atom is 0.140 e. The third kappa shape index (κ3) is 2.62. The van der Waals surface area contributed by atoms with Crippen LogP contribution in [-0.2, 0) is 0 Å². The van der Waals surface area contributed by atoms with E-state index in [2.05, 4.69) is 9.97 Å². The Labute approximate surface area is 149 Å². The fourth-order valence-corrected chi connectivity index (χ4v) is 3.09. The third-order valence-electron chi connectivity index (χ3n) is 3.95. The molecule has 0 saturated heterocycles.